The molecule has 2 aromatic carbocycles. The molecule has 1 saturated heterocycles. The molecule has 0 radical (unpaired) electrons. The van der Waals surface area contributed by atoms with E-state index in [1.807, 2.05) is 24.3 Å². The van der Waals surface area contributed by atoms with E-state index in [9.17, 15) is 14.0 Å². The van der Waals surface area contributed by atoms with Crippen LogP contribution in [0, 0.1) is 5.82 Å². The van der Waals surface area contributed by atoms with Crippen LogP contribution in [0.5, 0.6) is 0 Å². The average Bonchev–Trinajstić information content (AvgIpc) is 3.29. The van der Waals surface area contributed by atoms with Crippen molar-refractivity contribution >= 4 is 35.3 Å². The second kappa shape index (κ2) is 10.1. The van der Waals surface area contributed by atoms with E-state index in [4.69, 9.17) is 0 Å². The van der Waals surface area contributed by atoms with Crippen molar-refractivity contribution in [2.45, 2.75) is 24.2 Å². The third-order valence-electron chi connectivity index (χ3n) is 5.50. The molecule has 2 amide bonds. The summed E-state index contributed by atoms with van der Waals surface area (Å²) in [5, 5.41) is 2.93. The molecule has 31 heavy (non-hydrogen) atoms. The number of fused-ring (bicyclic) bond motifs is 1. The highest BCUT2D eigenvalue weighted by Gasteiger charge is 2.30. The van der Waals surface area contributed by atoms with Gasteiger partial charge < -0.3 is 10.2 Å². The molecule has 162 valence electrons. The molecule has 5 nitrogen and oxygen atoms in total. The standard InChI is InChI=1S/C24H26FN3O2S/c25-19-9-2-1-8-18(19)16-22-24(30)28(20-10-3-4-11-21(20)31-22)17-23(29)26-12-7-15-27-13-5-6-14-27/h1-4,8-11,16H,5-7,12-15,17H2,(H,26,29). The van der Waals surface area contributed by atoms with E-state index in [0.717, 1.165) is 31.0 Å². The molecule has 1 fully saturated rings. The Morgan fingerprint density at radius 2 is 1.84 bits per heavy atom. The second-order valence-corrected chi connectivity index (χ2v) is 8.83. The zero-order valence-electron chi connectivity index (χ0n) is 17.4. The number of likely N-dealkylation sites (tertiary alicyclic amines) is 1. The maximum Gasteiger partial charge on any atom is 0.265 e. The third kappa shape index (κ3) is 5.35. The fourth-order valence-electron chi connectivity index (χ4n) is 3.89. The Morgan fingerprint density at radius 3 is 2.65 bits per heavy atom. The smallest absolute Gasteiger partial charge is 0.265 e. The van der Waals surface area contributed by atoms with Crippen molar-refractivity contribution in [1.29, 1.82) is 0 Å². The number of nitrogens with one attached hydrogen (secondary N) is 1. The molecule has 2 aromatic rings. The number of halogens is 1. The highest BCUT2D eigenvalue weighted by molar-refractivity contribution is 8.04. The first-order valence-electron chi connectivity index (χ1n) is 10.7. The first-order chi connectivity index (χ1) is 15.1. The molecule has 4 rings (SSSR count). The summed E-state index contributed by atoms with van der Waals surface area (Å²) in [6.45, 7) is 3.79. The van der Waals surface area contributed by atoms with Crippen molar-refractivity contribution in [3.63, 3.8) is 0 Å². The lowest BCUT2D eigenvalue weighted by Crippen LogP contribution is -2.43. The van der Waals surface area contributed by atoms with Crippen LogP contribution in [-0.4, -0.2) is 49.4 Å². The Balaban J connectivity index is 1.44. The molecule has 2 aliphatic heterocycles. The molecule has 0 aliphatic carbocycles. The van der Waals surface area contributed by atoms with Crippen LogP contribution < -0.4 is 10.2 Å². The van der Waals surface area contributed by atoms with Crippen LogP contribution in [0.25, 0.3) is 6.08 Å². The lowest BCUT2D eigenvalue weighted by molar-refractivity contribution is -0.122. The van der Waals surface area contributed by atoms with Crippen LogP contribution in [0.1, 0.15) is 24.8 Å². The Hall–Kier alpha value is -2.64. The zero-order chi connectivity index (χ0) is 21.6. The Kier molecular flexibility index (Phi) is 7.04. The molecule has 0 aromatic heterocycles. The molecule has 0 spiro atoms. The van der Waals surface area contributed by atoms with Gasteiger partial charge in [0.15, 0.2) is 0 Å². The zero-order valence-corrected chi connectivity index (χ0v) is 18.2. The number of nitrogens with zero attached hydrogens (tertiary/aromatic N) is 2. The van der Waals surface area contributed by atoms with Crippen molar-refractivity contribution < 1.29 is 14.0 Å². The van der Waals surface area contributed by atoms with Gasteiger partial charge in [-0.3, -0.25) is 14.5 Å². The minimum absolute atomic E-state index is 0.0608. The first kappa shape index (κ1) is 21.6. The van der Waals surface area contributed by atoms with Gasteiger partial charge in [0.1, 0.15) is 12.4 Å². The Bertz CT molecular complexity index is 988. The monoisotopic (exact) mass is 439 g/mol. The number of anilines is 1. The van der Waals surface area contributed by atoms with Gasteiger partial charge in [-0.25, -0.2) is 4.39 Å². The predicted octanol–water partition coefficient (Wildman–Crippen LogP) is 3.91. The summed E-state index contributed by atoms with van der Waals surface area (Å²) < 4.78 is 14.1. The number of carbonyl (C=O) groups excluding carboxylic acids is 2. The summed E-state index contributed by atoms with van der Waals surface area (Å²) in [4.78, 5) is 30.9. The normalized spacial score (nSPS) is 17.8. The van der Waals surface area contributed by atoms with E-state index in [0.29, 0.717) is 22.7 Å². The highest BCUT2D eigenvalue weighted by Crippen LogP contribution is 2.42. The van der Waals surface area contributed by atoms with Gasteiger partial charge in [-0.2, -0.15) is 0 Å². The number of benzene rings is 2. The first-order valence-corrected chi connectivity index (χ1v) is 11.5. The predicted molar refractivity (Wildman–Crippen MR) is 122 cm³/mol. The second-order valence-electron chi connectivity index (χ2n) is 7.74. The maximum absolute atomic E-state index is 14.1. The quantitative estimate of drug-likeness (QED) is 0.525. The molecule has 2 aliphatic rings. The number of hydrogen-bond donors (Lipinski definition) is 1. The minimum Gasteiger partial charge on any atom is -0.355 e. The summed E-state index contributed by atoms with van der Waals surface area (Å²) in [7, 11) is 0. The molecule has 0 unspecified atom stereocenters. The molecule has 0 atom stereocenters. The van der Waals surface area contributed by atoms with Gasteiger partial charge in [-0.1, -0.05) is 42.1 Å². The Labute approximate surface area is 186 Å². The third-order valence-corrected chi connectivity index (χ3v) is 6.57. The van der Waals surface area contributed by atoms with E-state index in [1.165, 1.54) is 35.6 Å². The van der Waals surface area contributed by atoms with E-state index < -0.39 is 0 Å². The number of carbonyl (C=O) groups is 2. The van der Waals surface area contributed by atoms with Crippen molar-refractivity contribution in [2.75, 3.05) is 37.6 Å². The molecule has 7 heteroatoms. The van der Waals surface area contributed by atoms with Gasteiger partial charge >= 0.3 is 0 Å². The highest BCUT2D eigenvalue weighted by atomic mass is 32.2. The van der Waals surface area contributed by atoms with Crippen LogP contribution in [0.15, 0.2) is 58.3 Å². The fourth-order valence-corrected chi connectivity index (χ4v) is 4.94. The van der Waals surface area contributed by atoms with Gasteiger partial charge in [0.2, 0.25) is 5.91 Å². The van der Waals surface area contributed by atoms with Crippen molar-refractivity contribution in [3.05, 3.63) is 64.8 Å². The van der Waals surface area contributed by atoms with Crippen LogP contribution in [-0.2, 0) is 9.59 Å². The van der Waals surface area contributed by atoms with Crippen LogP contribution >= 0.6 is 11.8 Å². The van der Waals surface area contributed by atoms with Gasteiger partial charge in [0.25, 0.3) is 5.91 Å². The summed E-state index contributed by atoms with van der Waals surface area (Å²) >= 11 is 1.30. The minimum atomic E-state index is -0.385. The largest absolute Gasteiger partial charge is 0.355 e. The van der Waals surface area contributed by atoms with Crippen LogP contribution in [0.2, 0.25) is 0 Å². The Morgan fingerprint density at radius 1 is 1.10 bits per heavy atom. The van der Waals surface area contributed by atoms with Crippen LogP contribution in [0.3, 0.4) is 0 Å². The molecular weight excluding hydrogens is 413 g/mol. The lowest BCUT2D eigenvalue weighted by Gasteiger charge is -2.29. The van der Waals surface area contributed by atoms with E-state index >= 15 is 0 Å². The maximum atomic E-state index is 14.1. The van der Waals surface area contributed by atoms with E-state index in [2.05, 4.69) is 10.2 Å². The average molecular weight is 440 g/mol. The van der Waals surface area contributed by atoms with Crippen molar-refractivity contribution in [1.82, 2.24) is 10.2 Å². The number of amides is 2. The molecule has 0 saturated carbocycles. The van der Waals surface area contributed by atoms with Gasteiger partial charge in [0.05, 0.1) is 10.6 Å². The molecule has 2 heterocycles. The summed E-state index contributed by atoms with van der Waals surface area (Å²) in [6, 6.07) is 13.8. The topological polar surface area (TPSA) is 52.7 Å². The van der Waals surface area contributed by atoms with Gasteiger partial charge in [0, 0.05) is 17.0 Å². The molecule has 0 bridgehead atoms. The van der Waals surface area contributed by atoms with Crippen molar-refractivity contribution in [3.8, 4) is 0 Å². The van der Waals surface area contributed by atoms with Crippen molar-refractivity contribution in [2.24, 2.45) is 0 Å². The van der Waals surface area contributed by atoms with Gasteiger partial charge in [-0.05, 0) is 63.2 Å². The summed E-state index contributed by atoms with van der Waals surface area (Å²) in [6.07, 6.45) is 4.96. The number of hydrogen-bond acceptors (Lipinski definition) is 4. The van der Waals surface area contributed by atoms with Crippen LogP contribution in [0.4, 0.5) is 10.1 Å². The fraction of sp³-hybridized carbons (Fsp3) is 0.333. The van der Waals surface area contributed by atoms with E-state index in [-0.39, 0.29) is 24.2 Å². The number of rotatable bonds is 7. The van der Waals surface area contributed by atoms with E-state index in [1.54, 1.807) is 24.3 Å². The summed E-state index contributed by atoms with van der Waals surface area (Å²) in [5.74, 6) is -0.870. The van der Waals surface area contributed by atoms with Gasteiger partial charge in [-0.15, -0.1) is 0 Å². The number of thioether (sulfide) groups is 1. The molecule has 1 N–H and O–H groups in total. The number of para-hydroxylation sites is 1. The molecular formula is C24H26FN3O2S. The SMILES string of the molecule is O=C(CN1C(=O)C(=Cc2ccccc2F)Sc2ccccc21)NCCCN1CCCC1. The summed E-state index contributed by atoms with van der Waals surface area (Å²) in [5.41, 5.74) is 1.06. The lowest BCUT2D eigenvalue weighted by atomic mass is 10.2.